The van der Waals surface area contributed by atoms with E-state index in [0.29, 0.717) is 0 Å². The number of hydrogen-bond acceptors (Lipinski definition) is 3. The number of benzene rings is 2. The number of rotatable bonds is 3. The zero-order valence-electron chi connectivity index (χ0n) is 12.5. The normalized spacial score (nSPS) is 16.7. The highest BCUT2D eigenvalue weighted by Gasteiger charge is 2.33. The summed E-state index contributed by atoms with van der Waals surface area (Å²) >= 11 is 0. The van der Waals surface area contributed by atoms with Crippen LogP contribution in [0.1, 0.15) is 33.0 Å². The van der Waals surface area contributed by atoms with Gasteiger partial charge in [-0.2, -0.15) is 0 Å². The Morgan fingerprint density at radius 1 is 1.00 bits per heavy atom. The fraction of sp³-hybridized carbons (Fsp3) is 0.278. The topological polar surface area (TPSA) is 35.5 Å². The molecule has 3 nitrogen and oxygen atoms in total. The van der Waals surface area contributed by atoms with Gasteiger partial charge in [0.2, 0.25) is 0 Å². The lowest BCUT2D eigenvalue weighted by Crippen LogP contribution is -2.06. The first-order chi connectivity index (χ1) is 10.1. The van der Waals surface area contributed by atoms with Gasteiger partial charge in [0, 0.05) is 5.56 Å². The number of methoxy groups -OCH3 is 2. The third-order valence-electron chi connectivity index (χ3n) is 4.19. The molecular formula is C18H18O3. The lowest BCUT2D eigenvalue weighted by molar-refractivity contribution is 0.0972. The highest BCUT2D eigenvalue weighted by molar-refractivity contribution is 6.06. The molecule has 0 heterocycles. The van der Waals surface area contributed by atoms with E-state index < -0.39 is 0 Å². The van der Waals surface area contributed by atoms with Crippen molar-refractivity contribution in [2.24, 2.45) is 0 Å². The molecular weight excluding hydrogens is 264 g/mol. The molecule has 0 fully saturated rings. The number of hydrogen-bond donors (Lipinski definition) is 0. The molecule has 0 amide bonds. The Bertz CT molecular complexity index is 686. The summed E-state index contributed by atoms with van der Waals surface area (Å²) in [5.74, 6) is 1.63. The van der Waals surface area contributed by atoms with E-state index in [-0.39, 0.29) is 11.7 Å². The van der Waals surface area contributed by atoms with Gasteiger partial charge < -0.3 is 9.47 Å². The second-order valence-electron chi connectivity index (χ2n) is 5.36. The molecule has 0 saturated carbocycles. The number of fused-ring (bicyclic) bond motifs is 1. The fourth-order valence-electron chi connectivity index (χ4n) is 2.98. The summed E-state index contributed by atoms with van der Waals surface area (Å²) in [7, 11) is 3.27. The summed E-state index contributed by atoms with van der Waals surface area (Å²) < 4.78 is 10.4. The van der Waals surface area contributed by atoms with Gasteiger partial charge in [0.05, 0.1) is 20.1 Å². The Labute approximate surface area is 124 Å². The molecule has 1 aliphatic rings. The molecule has 0 N–H and O–H groups in total. The van der Waals surface area contributed by atoms with Crippen LogP contribution in [0.5, 0.6) is 11.5 Å². The minimum absolute atomic E-state index is 0.100. The molecule has 3 rings (SSSR count). The van der Waals surface area contributed by atoms with Crippen molar-refractivity contribution < 1.29 is 14.3 Å². The number of ether oxygens (including phenoxy) is 2. The summed E-state index contributed by atoms with van der Waals surface area (Å²) in [5, 5.41) is 0. The van der Waals surface area contributed by atoms with Crippen LogP contribution in [0.25, 0.3) is 0 Å². The van der Waals surface area contributed by atoms with Crippen LogP contribution < -0.4 is 9.47 Å². The van der Waals surface area contributed by atoms with Crippen molar-refractivity contribution in [2.45, 2.75) is 19.3 Å². The lowest BCUT2D eigenvalue weighted by atomic mass is 9.95. The van der Waals surface area contributed by atoms with E-state index in [9.17, 15) is 4.79 Å². The van der Waals surface area contributed by atoms with E-state index in [0.717, 1.165) is 40.2 Å². The standard InChI is InChI=1S/C18H18O3/c1-11-8-14(21-3)9-17-15(11)10-16(18(17)19)12-4-6-13(20-2)7-5-12/h4-9,16H,10H2,1-3H3. The van der Waals surface area contributed by atoms with Crippen LogP contribution >= 0.6 is 0 Å². The molecule has 0 aliphatic heterocycles. The van der Waals surface area contributed by atoms with Gasteiger partial charge >= 0.3 is 0 Å². The van der Waals surface area contributed by atoms with Crippen LogP contribution in [0, 0.1) is 6.92 Å². The molecule has 2 aromatic carbocycles. The minimum Gasteiger partial charge on any atom is -0.497 e. The number of ketones is 1. The van der Waals surface area contributed by atoms with Gasteiger partial charge in [-0.1, -0.05) is 12.1 Å². The zero-order valence-corrected chi connectivity index (χ0v) is 12.5. The van der Waals surface area contributed by atoms with Crippen molar-refractivity contribution in [3.05, 3.63) is 58.7 Å². The number of carbonyl (C=O) groups is 1. The maximum absolute atomic E-state index is 12.7. The first-order valence-electron chi connectivity index (χ1n) is 6.99. The maximum Gasteiger partial charge on any atom is 0.171 e. The molecule has 0 saturated heterocycles. The average Bonchev–Trinajstić information content (AvgIpc) is 2.85. The number of Topliss-reactive ketones (excluding diaryl/α,β-unsaturated/α-hetero) is 1. The van der Waals surface area contributed by atoms with Crippen molar-refractivity contribution in [1.29, 1.82) is 0 Å². The first kappa shape index (κ1) is 13.7. The Balaban J connectivity index is 1.97. The van der Waals surface area contributed by atoms with Crippen molar-refractivity contribution >= 4 is 5.78 Å². The molecule has 0 aromatic heterocycles. The van der Waals surface area contributed by atoms with Gasteiger partial charge in [-0.15, -0.1) is 0 Å². The Hall–Kier alpha value is -2.29. The highest BCUT2D eigenvalue weighted by Crippen LogP contribution is 2.38. The van der Waals surface area contributed by atoms with Crippen LogP contribution in [-0.2, 0) is 6.42 Å². The van der Waals surface area contributed by atoms with Crippen molar-refractivity contribution in [2.75, 3.05) is 14.2 Å². The highest BCUT2D eigenvalue weighted by atomic mass is 16.5. The summed E-state index contributed by atoms with van der Waals surface area (Å²) in [4.78, 5) is 12.7. The SMILES string of the molecule is COc1ccc(C2Cc3c(C)cc(OC)cc3C2=O)cc1. The summed E-state index contributed by atoms with van der Waals surface area (Å²) in [6.07, 6.45) is 0.760. The van der Waals surface area contributed by atoms with Crippen LogP contribution in [0.2, 0.25) is 0 Å². The summed E-state index contributed by atoms with van der Waals surface area (Å²) in [6, 6.07) is 11.6. The average molecular weight is 282 g/mol. The molecule has 108 valence electrons. The van der Waals surface area contributed by atoms with Gasteiger partial charge in [0.15, 0.2) is 5.78 Å². The maximum atomic E-state index is 12.7. The predicted molar refractivity (Wildman–Crippen MR) is 81.5 cm³/mol. The molecule has 21 heavy (non-hydrogen) atoms. The van der Waals surface area contributed by atoms with Crippen LogP contribution in [0.4, 0.5) is 0 Å². The van der Waals surface area contributed by atoms with E-state index in [1.165, 1.54) is 0 Å². The van der Waals surface area contributed by atoms with Gasteiger partial charge in [0.25, 0.3) is 0 Å². The Kier molecular flexibility index (Phi) is 3.42. The lowest BCUT2D eigenvalue weighted by Gasteiger charge is -2.09. The van der Waals surface area contributed by atoms with E-state index in [1.54, 1.807) is 14.2 Å². The zero-order chi connectivity index (χ0) is 15.0. The second kappa shape index (κ2) is 5.24. The van der Waals surface area contributed by atoms with Crippen molar-refractivity contribution in [3.63, 3.8) is 0 Å². The van der Waals surface area contributed by atoms with E-state index in [1.807, 2.05) is 43.3 Å². The number of aryl methyl sites for hydroxylation is 1. The fourth-order valence-corrected chi connectivity index (χ4v) is 2.98. The first-order valence-corrected chi connectivity index (χ1v) is 6.99. The summed E-state index contributed by atoms with van der Waals surface area (Å²) in [6.45, 7) is 2.03. The monoisotopic (exact) mass is 282 g/mol. The van der Waals surface area contributed by atoms with E-state index in [4.69, 9.17) is 9.47 Å². The molecule has 1 aliphatic carbocycles. The minimum atomic E-state index is -0.100. The largest absolute Gasteiger partial charge is 0.497 e. The van der Waals surface area contributed by atoms with Gasteiger partial charge in [-0.25, -0.2) is 0 Å². The molecule has 2 aromatic rings. The molecule has 0 bridgehead atoms. The third-order valence-corrected chi connectivity index (χ3v) is 4.19. The quantitative estimate of drug-likeness (QED) is 0.864. The van der Waals surface area contributed by atoms with E-state index in [2.05, 4.69) is 0 Å². The third kappa shape index (κ3) is 2.29. The predicted octanol–water partition coefficient (Wildman–Crippen LogP) is 3.53. The van der Waals surface area contributed by atoms with E-state index >= 15 is 0 Å². The second-order valence-corrected chi connectivity index (χ2v) is 5.36. The summed E-state index contributed by atoms with van der Waals surface area (Å²) in [5.41, 5.74) is 4.10. The molecule has 1 unspecified atom stereocenters. The van der Waals surface area contributed by atoms with Crippen molar-refractivity contribution in [3.8, 4) is 11.5 Å². The van der Waals surface area contributed by atoms with Gasteiger partial charge in [-0.3, -0.25) is 4.79 Å². The van der Waals surface area contributed by atoms with Crippen LogP contribution in [0.15, 0.2) is 36.4 Å². The van der Waals surface area contributed by atoms with Crippen LogP contribution in [-0.4, -0.2) is 20.0 Å². The van der Waals surface area contributed by atoms with Gasteiger partial charge in [-0.05, 0) is 54.3 Å². The molecule has 0 spiro atoms. The Morgan fingerprint density at radius 2 is 1.67 bits per heavy atom. The van der Waals surface area contributed by atoms with Crippen LogP contribution in [0.3, 0.4) is 0 Å². The molecule has 0 radical (unpaired) electrons. The number of carbonyl (C=O) groups excluding carboxylic acids is 1. The Morgan fingerprint density at radius 3 is 2.29 bits per heavy atom. The molecule has 3 heteroatoms. The smallest absolute Gasteiger partial charge is 0.171 e. The van der Waals surface area contributed by atoms with Gasteiger partial charge in [0.1, 0.15) is 11.5 Å². The van der Waals surface area contributed by atoms with Crippen molar-refractivity contribution in [1.82, 2.24) is 0 Å². The molecule has 1 atom stereocenters.